The van der Waals surface area contributed by atoms with Crippen molar-refractivity contribution in [2.24, 2.45) is 0 Å². The Morgan fingerprint density at radius 1 is 1.14 bits per heavy atom. The highest BCUT2D eigenvalue weighted by molar-refractivity contribution is 8.13. The van der Waals surface area contributed by atoms with Gasteiger partial charge in [0.1, 0.15) is 0 Å². The van der Waals surface area contributed by atoms with E-state index >= 15 is 0 Å². The topological polar surface area (TPSA) is 49.4 Å². The molecule has 0 spiro atoms. The van der Waals surface area contributed by atoms with Crippen molar-refractivity contribution in [3.8, 4) is 0 Å². The number of halogens is 1. The number of benzene rings is 1. The first kappa shape index (κ1) is 15.6. The van der Waals surface area contributed by atoms with E-state index in [0.29, 0.717) is 5.92 Å². The molecule has 1 aliphatic heterocycles. The number of rotatable bonds is 3. The lowest BCUT2D eigenvalue weighted by molar-refractivity contribution is 0.305. The van der Waals surface area contributed by atoms with Crippen LogP contribution in [0, 0.1) is 0 Å². The number of allylic oxidation sites excluding steroid dienone is 3. The van der Waals surface area contributed by atoms with Gasteiger partial charge >= 0.3 is 0 Å². The predicted molar refractivity (Wildman–Crippen MR) is 88.5 cm³/mol. The van der Waals surface area contributed by atoms with E-state index in [4.69, 9.17) is 10.7 Å². The molecule has 0 bridgehead atoms. The molecule has 0 saturated carbocycles. The van der Waals surface area contributed by atoms with E-state index in [-0.39, 0.29) is 4.90 Å². The van der Waals surface area contributed by atoms with Gasteiger partial charge in [0.25, 0.3) is 9.05 Å². The van der Waals surface area contributed by atoms with Crippen molar-refractivity contribution in [1.29, 1.82) is 0 Å². The third-order valence-electron chi connectivity index (χ3n) is 4.15. The van der Waals surface area contributed by atoms with Gasteiger partial charge in [0, 0.05) is 48.5 Å². The first-order valence-electron chi connectivity index (χ1n) is 7.43. The maximum Gasteiger partial charge on any atom is 0.261 e. The molecular formula is C16H19ClN2O2S. The molecule has 0 amide bonds. The maximum absolute atomic E-state index is 11.3. The largest absolute Gasteiger partial charge is 0.369 e. The fraction of sp³-hybridized carbons (Fsp3) is 0.375. The Kier molecular flexibility index (Phi) is 4.57. The fourth-order valence-corrected chi connectivity index (χ4v) is 3.66. The number of nitrogens with zero attached hydrogens (tertiary/aromatic N) is 1. The molecule has 1 aromatic carbocycles. The SMILES string of the molecule is O=S(=O)(Cl)c1ccc(C2C=CC(N3CCNCC3)=CC2)cc1. The Hall–Kier alpha value is -1.30. The number of hydrogen-bond acceptors (Lipinski definition) is 4. The van der Waals surface area contributed by atoms with Gasteiger partial charge in [0.2, 0.25) is 0 Å². The van der Waals surface area contributed by atoms with Crippen LogP contribution in [0.4, 0.5) is 0 Å². The molecular weight excluding hydrogens is 320 g/mol. The summed E-state index contributed by atoms with van der Waals surface area (Å²) in [5, 5.41) is 3.35. The predicted octanol–water partition coefficient (Wildman–Crippen LogP) is 2.45. The van der Waals surface area contributed by atoms with Crippen molar-refractivity contribution in [2.75, 3.05) is 26.2 Å². The molecule has 1 saturated heterocycles. The zero-order chi connectivity index (χ0) is 15.6. The van der Waals surface area contributed by atoms with Crippen molar-refractivity contribution in [1.82, 2.24) is 10.2 Å². The lowest BCUT2D eigenvalue weighted by Gasteiger charge is -2.32. The highest BCUT2D eigenvalue weighted by atomic mass is 35.7. The van der Waals surface area contributed by atoms with Gasteiger partial charge in [0.05, 0.1) is 4.90 Å². The molecule has 3 rings (SSSR count). The first-order valence-corrected chi connectivity index (χ1v) is 9.73. The normalized spacial score (nSPS) is 22.5. The molecule has 4 nitrogen and oxygen atoms in total. The fourth-order valence-electron chi connectivity index (χ4n) is 2.89. The molecule has 1 atom stereocenters. The van der Waals surface area contributed by atoms with E-state index in [0.717, 1.165) is 38.2 Å². The van der Waals surface area contributed by atoms with E-state index in [1.165, 1.54) is 5.70 Å². The third-order valence-corrected chi connectivity index (χ3v) is 5.52. The van der Waals surface area contributed by atoms with Crippen LogP contribution in [0.2, 0.25) is 0 Å². The molecule has 118 valence electrons. The Labute approximate surface area is 135 Å². The minimum absolute atomic E-state index is 0.148. The average molecular weight is 339 g/mol. The number of nitrogens with one attached hydrogen (secondary N) is 1. The van der Waals surface area contributed by atoms with Crippen molar-refractivity contribution in [3.05, 3.63) is 53.8 Å². The molecule has 1 N–H and O–H groups in total. The second kappa shape index (κ2) is 6.44. The molecule has 6 heteroatoms. The maximum atomic E-state index is 11.3. The van der Waals surface area contributed by atoms with Crippen LogP contribution in [0.15, 0.2) is 53.1 Å². The minimum Gasteiger partial charge on any atom is -0.369 e. The summed E-state index contributed by atoms with van der Waals surface area (Å²) in [5.74, 6) is 0.291. The van der Waals surface area contributed by atoms with Crippen LogP contribution in [0.1, 0.15) is 17.9 Å². The summed E-state index contributed by atoms with van der Waals surface area (Å²) < 4.78 is 22.5. The van der Waals surface area contributed by atoms with Crippen LogP contribution in [-0.4, -0.2) is 39.5 Å². The summed E-state index contributed by atoms with van der Waals surface area (Å²) in [6, 6.07) is 6.82. The molecule has 0 radical (unpaired) electrons. The summed E-state index contributed by atoms with van der Waals surface area (Å²) in [7, 11) is 1.70. The highest BCUT2D eigenvalue weighted by Gasteiger charge is 2.17. The summed E-state index contributed by atoms with van der Waals surface area (Å²) >= 11 is 0. The zero-order valence-corrected chi connectivity index (χ0v) is 13.8. The molecule has 22 heavy (non-hydrogen) atoms. The van der Waals surface area contributed by atoms with Crippen LogP contribution in [0.3, 0.4) is 0 Å². The van der Waals surface area contributed by atoms with E-state index in [2.05, 4.69) is 28.4 Å². The number of piperazine rings is 1. The molecule has 1 aromatic rings. The van der Waals surface area contributed by atoms with Crippen LogP contribution in [0.5, 0.6) is 0 Å². The van der Waals surface area contributed by atoms with Crippen molar-refractivity contribution in [3.63, 3.8) is 0 Å². The second-order valence-corrected chi connectivity index (χ2v) is 8.14. The quantitative estimate of drug-likeness (QED) is 0.860. The van der Waals surface area contributed by atoms with Crippen molar-refractivity contribution < 1.29 is 8.42 Å². The molecule has 1 unspecified atom stereocenters. The number of hydrogen-bond donors (Lipinski definition) is 1. The van der Waals surface area contributed by atoms with Crippen molar-refractivity contribution in [2.45, 2.75) is 17.2 Å². The van der Waals surface area contributed by atoms with Crippen LogP contribution >= 0.6 is 10.7 Å². The van der Waals surface area contributed by atoms with Gasteiger partial charge in [-0.1, -0.05) is 24.3 Å². The molecule has 1 fully saturated rings. The monoisotopic (exact) mass is 338 g/mol. The van der Waals surface area contributed by atoms with Crippen molar-refractivity contribution >= 4 is 19.7 Å². The third kappa shape index (κ3) is 3.54. The van der Waals surface area contributed by atoms with E-state index in [1.807, 2.05) is 12.1 Å². The van der Waals surface area contributed by atoms with Gasteiger partial charge in [-0.15, -0.1) is 0 Å². The molecule has 0 aromatic heterocycles. The minimum atomic E-state index is -3.64. The molecule has 1 heterocycles. The summed E-state index contributed by atoms with van der Waals surface area (Å²) in [6.07, 6.45) is 7.57. The van der Waals surface area contributed by atoms with E-state index in [9.17, 15) is 8.42 Å². The van der Waals surface area contributed by atoms with Gasteiger partial charge in [-0.05, 0) is 30.2 Å². The summed E-state index contributed by atoms with van der Waals surface area (Å²) in [6.45, 7) is 4.15. The smallest absolute Gasteiger partial charge is 0.261 e. The Balaban J connectivity index is 1.68. The van der Waals surface area contributed by atoms with Gasteiger partial charge in [0.15, 0.2) is 0 Å². The van der Waals surface area contributed by atoms with Crippen LogP contribution < -0.4 is 5.32 Å². The standard InChI is InChI=1S/C16H19ClN2O2S/c17-22(20,21)16-7-3-14(4-8-16)13-1-5-15(6-2-13)19-11-9-18-10-12-19/h1,3-8,13,18H,2,9-12H2. The van der Waals surface area contributed by atoms with Gasteiger partial charge in [-0.25, -0.2) is 8.42 Å². The van der Waals surface area contributed by atoms with Gasteiger partial charge in [-0.3, -0.25) is 0 Å². The Morgan fingerprint density at radius 3 is 2.36 bits per heavy atom. The van der Waals surface area contributed by atoms with Gasteiger partial charge < -0.3 is 10.2 Å². The van der Waals surface area contributed by atoms with Crippen LogP contribution in [-0.2, 0) is 9.05 Å². The van der Waals surface area contributed by atoms with E-state index < -0.39 is 9.05 Å². The summed E-state index contributed by atoms with van der Waals surface area (Å²) in [4.78, 5) is 2.54. The molecule has 2 aliphatic rings. The van der Waals surface area contributed by atoms with E-state index in [1.54, 1.807) is 12.1 Å². The second-order valence-electron chi connectivity index (χ2n) is 5.57. The Morgan fingerprint density at radius 2 is 1.82 bits per heavy atom. The average Bonchev–Trinajstić information content (AvgIpc) is 2.55. The highest BCUT2D eigenvalue weighted by Crippen LogP contribution is 2.29. The van der Waals surface area contributed by atoms with Crippen LogP contribution in [0.25, 0.3) is 0 Å². The first-order chi connectivity index (χ1) is 10.5. The lowest BCUT2D eigenvalue weighted by atomic mass is 9.91. The van der Waals surface area contributed by atoms with Gasteiger partial charge in [-0.2, -0.15) is 0 Å². The molecule has 1 aliphatic carbocycles. The Bertz CT molecular complexity index is 689. The zero-order valence-electron chi connectivity index (χ0n) is 12.2. The summed E-state index contributed by atoms with van der Waals surface area (Å²) in [5.41, 5.74) is 2.40. The lowest BCUT2D eigenvalue weighted by Crippen LogP contribution is -2.42.